The van der Waals surface area contributed by atoms with Crippen LogP contribution in [0, 0.1) is 17.8 Å². The Kier molecular flexibility index (Phi) is 9.45. The van der Waals surface area contributed by atoms with E-state index in [0.717, 1.165) is 31.6 Å². The molecule has 0 saturated heterocycles. The Morgan fingerprint density at radius 2 is 1.50 bits per heavy atom. The molecule has 5 nitrogen and oxygen atoms in total. The molecule has 28 heavy (non-hydrogen) atoms. The highest BCUT2D eigenvalue weighted by Crippen LogP contribution is 2.49. The van der Waals surface area contributed by atoms with Gasteiger partial charge in [0.25, 0.3) is 0 Å². The molecule has 3 aliphatic carbocycles. The van der Waals surface area contributed by atoms with E-state index in [1.54, 1.807) is 0 Å². The maximum absolute atomic E-state index is 12.3. The normalized spacial score (nSPS) is 28.1. The minimum absolute atomic E-state index is 0.0844. The number of esters is 1. The number of fused-ring (bicyclic) bond motifs is 2. The molecule has 6 heteroatoms. The third-order valence-electron chi connectivity index (χ3n) is 6.74. The second kappa shape index (κ2) is 11.1. The van der Waals surface area contributed by atoms with Crippen LogP contribution in [-0.4, -0.2) is 40.2 Å². The minimum atomic E-state index is -2.25. The van der Waals surface area contributed by atoms with Crippen LogP contribution in [0.1, 0.15) is 85.5 Å². The van der Waals surface area contributed by atoms with E-state index in [0.29, 0.717) is 25.7 Å². The van der Waals surface area contributed by atoms with Crippen molar-refractivity contribution in [2.75, 3.05) is 19.8 Å². The SMILES string of the molecule is CCC1(OC(=O)C2CC3CCC2C3)CCCC1.CCO[Si](C)(OCC)OCC. The fourth-order valence-electron chi connectivity index (χ4n) is 5.28. The zero-order chi connectivity index (χ0) is 20.6. The first kappa shape index (κ1) is 23.8. The smallest absolute Gasteiger partial charge is 0.459 e. The van der Waals surface area contributed by atoms with Gasteiger partial charge in [0.2, 0.25) is 0 Å². The van der Waals surface area contributed by atoms with E-state index in [-0.39, 0.29) is 17.5 Å². The minimum Gasteiger partial charge on any atom is -0.459 e. The van der Waals surface area contributed by atoms with E-state index in [1.165, 1.54) is 32.1 Å². The molecular weight excluding hydrogens is 372 g/mol. The lowest BCUT2D eigenvalue weighted by molar-refractivity contribution is -0.166. The van der Waals surface area contributed by atoms with Crippen molar-refractivity contribution in [2.45, 2.75) is 97.6 Å². The molecule has 0 radical (unpaired) electrons. The number of ether oxygens (including phenoxy) is 1. The molecule has 0 aromatic heterocycles. The van der Waals surface area contributed by atoms with Gasteiger partial charge in [0.1, 0.15) is 5.60 Å². The fourth-order valence-corrected chi connectivity index (χ4v) is 7.10. The lowest BCUT2D eigenvalue weighted by Gasteiger charge is -2.31. The van der Waals surface area contributed by atoms with Crippen molar-refractivity contribution in [1.29, 1.82) is 0 Å². The molecule has 0 aliphatic heterocycles. The molecule has 3 rings (SSSR count). The van der Waals surface area contributed by atoms with E-state index >= 15 is 0 Å². The van der Waals surface area contributed by atoms with Crippen LogP contribution >= 0.6 is 0 Å². The second-order valence-corrected chi connectivity index (χ2v) is 11.2. The van der Waals surface area contributed by atoms with Crippen molar-refractivity contribution >= 4 is 14.8 Å². The van der Waals surface area contributed by atoms with Crippen LogP contribution in [0.2, 0.25) is 6.55 Å². The molecule has 0 aromatic carbocycles. The summed E-state index contributed by atoms with van der Waals surface area (Å²) in [5, 5.41) is 0. The van der Waals surface area contributed by atoms with Gasteiger partial charge in [-0.3, -0.25) is 4.79 Å². The Labute approximate surface area is 173 Å². The fraction of sp³-hybridized carbons (Fsp3) is 0.955. The topological polar surface area (TPSA) is 54.0 Å². The van der Waals surface area contributed by atoms with Crippen LogP contribution in [0.4, 0.5) is 0 Å². The molecule has 3 aliphatic rings. The Bertz CT molecular complexity index is 461. The van der Waals surface area contributed by atoms with Crippen molar-refractivity contribution in [3.8, 4) is 0 Å². The molecule has 0 aromatic rings. The van der Waals surface area contributed by atoms with E-state index in [1.807, 2.05) is 27.3 Å². The Hall–Kier alpha value is -0.433. The second-order valence-electron chi connectivity index (χ2n) is 8.61. The van der Waals surface area contributed by atoms with E-state index < -0.39 is 8.80 Å². The Morgan fingerprint density at radius 1 is 0.929 bits per heavy atom. The largest absolute Gasteiger partial charge is 0.497 e. The standard InChI is InChI=1S/C15H24O2.C7H18O3Si/c1-2-15(7-3-4-8-15)17-14(16)13-10-11-5-6-12(13)9-11;1-5-8-11(4,9-6-2)10-7-3/h11-13H,2-10H2,1H3;5-7H2,1-4H3. The maximum atomic E-state index is 12.3. The first-order chi connectivity index (χ1) is 13.4. The molecule has 3 saturated carbocycles. The van der Waals surface area contributed by atoms with Crippen LogP contribution in [0.15, 0.2) is 0 Å². The lowest BCUT2D eigenvalue weighted by atomic mass is 9.88. The summed E-state index contributed by atoms with van der Waals surface area (Å²) in [6.07, 6.45) is 10.7. The van der Waals surface area contributed by atoms with E-state index in [4.69, 9.17) is 18.0 Å². The van der Waals surface area contributed by atoms with Crippen molar-refractivity contribution in [3.63, 3.8) is 0 Å². The summed E-state index contributed by atoms with van der Waals surface area (Å²) in [5.41, 5.74) is -0.0844. The summed E-state index contributed by atoms with van der Waals surface area (Å²) in [5.74, 6) is 1.88. The molecule has 0 amide bonds. The number of carbonyl (C=O) groups excluding carboxylic acids is 1. The van der Waals surface area contributed by atoms with Crippen molar-refractivity contribution in [3.05, 3.63) is 0 Å². The van der Waals surface area contributed by atoms with Gasteiger partial charge in [-0.1, -0.05) is 13.3 Å². The van der Waals surface area contributed by atoms with Gasteiger partial charge in [-0.2, -0.15) is 0 Å². The molecule has 0 spiro atoms. The summed E-state index contributed by atoms with van der Waals surface area (Å²) in [7, 11) is -2.25. The first-order valence-electron chi connectivity index (χ1n) is 11.6. The Morgan fingerprint density at radius 3 is 1.89 bits per heavy atom. The third kappa shape index (κ3) is 6.28. The van der Waals surface area contributed by atoms with Gasteiger partial charge in [-0.25, -0.2) is 0 Å². The van der Waals surface area contributed by atoms with Crippen molar-refractivity contribution < 1.29 is 22.8 Å². The predicted molar refractivity (Wildman–Crippen MR) is 113 cm³/mol. The van der Waals surface area contributed by atoms with Gasteiger partial charge in [0.15, 0.2) is 0 Å². The highest BCUT2D eigenvalue weighted by Gasteiger charge is 2.46. The van der Waals surface area contributed by atoms with Gasteiger partial charge in [0, 0.05) is 26.4 Å². The number of carbonyl (C=O) groups is 1. The summed E-state index contributed by atoms with van der Waals surface area (Å²) >= 11 is 0. The molecule has 2 bridgehead atoms. The molecule has 164 valence electrons. The summed E-state index contributed by atoms with van der Waals surface area (Å²) in [4.78, 5) is 12.3. The van der Waals surface area contributed by atoms with E-state index in [2.05, 4.69) is 6.92 Å². The van der Waals surface area contributed by atoms with Crippen LogP contribution < -0.4 is 0 Å². The van der Waals surface area contributed by atoms with Crippen molar-refractivity contribution in [1.82, 2.24) is 0 Å². The van der Waals surface area contributed by atoms with Crippen LogP contribution in [-0.2, 0) is 22.8 Å². The number of rotatable bonds is 9. The molecule has 0 N–H and O–H groups in total. The molecule has 3 fully saturated rings. The lowest BCUT2D eigenvalue weighted by Crippen LogP contribution is -2.42. The van der Waals surface area contributed by atoms with Crippen molar-refractivity contribution in [2.24, 2.45) is 17.8 Å². The predicted octanol–water partition coefficient (Wildman–Crippen LogP) is 5.35. The average molecular weight is 415 g/mol. The van der Waals surface area contributed by atoms with Gasteiger partial charge in [0.05, 0.1) is 5.92 Å². The molecule has 3 unspecified atom stereocenters. The maximum Gasteiger partial charge on any atom is 0.497 e. The highest BCUT2D eigenvalue weighted by molar-refractivity contribution is 6.59. The third-order valence-corrected chi connectivity index (χ3v) is 9.18. The molecule has 3 atom stereocenters. The van der Waals surface area contributed by atoms with Gasteiger partial charge in [-0.15, -0.1) is 0 Å². The van der Waals surface area contributed by atoms with Gasteiger partial charge in [-0.05, 0) is 84.0 Å². The quantitative estimate of drug-likeness (QED) is 0.376. The van der Waals surface area contributed by atoms with Crippen LogP contribution in [0.3, 0.4) is 0 Å². The van der Waals surface area contributed by atoms with Crippen LogP contribution in [0.25, 0.3) is 0 Å². The first-order valence-corrected chi connectivity index (χ1v) is 13.8. The highest BCUT2D eigenvalue weighted by atomic mass is 28.4. The van der Waals surface area contributed by atoms with Crippen LogP contribution in [0.5, 0.6) is 0 Å². The molecular formula is C22H42O5Si. The number of hydrogen-bond donors (Lipinski definition) is 0. The van der Waals surface area contributed by atoms with Gasteiger partial charge < -0.3 is 18.0 Å². The summed E-state index contributed by atoms with van der Waals surface area (Å²) < 4.78 is 22.2. The monoisotopic (exact) mass is 414 g/mol. The Balaban J connectivity index is 0.000000224. The van der Waals surface area contributed by atoms with Gasteiger partial charge >= 0.3 is 14.8 Å². The van der Waals surface area contributed by atoms with E-state index in [9.17, 15) is 4.79 Å². The zero-order valence-corrected chi connectivity index (χ0v) is 19.8. The summed E-state index contributed by atoms with van der Waals surface area (Å²) in [6, 6.07) is 0. The average Bonchev–Trinajstić information content (AvgIpc) is 3.40. The number of hydrogen-bond acceptors (Lipinski definition) is 5. The summed E-state index contributed by atoms with van der Waals surface area (Å²) in [6.45, 7) is 11.9. The molecule has 0 heterocycles. The zero-order valence-electron chi connectivity index (χ0n) is 18.8.